The molecule has 174 valence electrons. The summed E-state index contributed by atoms with van der Waals surface area (Å²) in [6.07, 6.45) is 9.05. The molecule has 5 rings (SSSR count). The third-order valence-electron chi connectivity index (χ3n) is 7.85. The fourth-order valence-electron chi connectivity index (χ4n) is 5.50. The van der Waals surface area contributed by atoms with Gasteiger partial charge in [0.2, 0.25) is 11.8 Å². The molecule has 32 heavy (non-hydrogen) atoms. The quantitative estimate of drug-likeness (QED) is 0.704. The molecular weight excluding hydrogens is 402 g/mol. The molecule has 3 fully saturated rings. The van der Waals surface area contributed by atoms with Gasteiger partial charge in [0.15, 0.2) is 5.82 Å². The fraction of sp³-hybridized carbons (Fsp3) is 0.760. The van der Waals surface area contributed by atoms with Crippen LogP contribution >= 0.6 is 0 Å². The maximum atomic E-state index is 13.3. The Morgan fingerprint density at radius 1 is 1.00 bits per heavy atom. The summed E-state index contributed by atoms with van der Waals surface area (Å²) in [6, 6.07) is -0.0798. The molecule has 1 saturated carbocycles. The molecule has 0 N–H and O–H groups in total. The lowest BCUT2D eigenvalue weighted by molar-refractivity contribution is -0.137. The number of amides is 2. The second-order valence-electron chi connectivity index (χ2n) is 10.5. The lowest BCUT2D eigenvalue weighted by Gasteiger charge is -2.38. The second kappa shape index (κ2) is 9.08. The van der Waals surface area contributed by atoms with E-state index in [0.717, 1.165) is 80.7 Å². The minimum atomic E-state index is -0.0798. The highest BCUT2D eigenvalue weighted by Gasteiger charge is 2.36. The van der Waals surface area contributed by atoms with Crippen molar-refractivity contribution in [1.29, 1.82) is 0 Å². The van der Waals surface area contributed by atoms with Crippen LogP contribution in [0, 0.1) is 18.8 Å². The second-order valence-corrected chi connectivity index (χ2v) is 10.5. The fourth-order valence-corrected chi connectivity index (χ4v) is 5.50. The van der Waals surface area contributed by atoms with Crippen LogP contribution in [-0.4, -0.2) is 64.3 Å². The molecule has 3 aliphatic heterocycles. The van der Waals surface area contributed by atoms with Crippen molar-refractivity contribution in [2.75, 3.05) is 37.6 Å². The number of rotatable bonds is 5. The first-order valence-corrected chi connectivity index (χ1v) is 12.7. The Balaban J connectivity index is 1.38. The van der Waals surface area contributed by atoms with Crippen LogP contribution in [0.1, 0.15) is 81.4 Å². The van der Waals surface area contributed by atoms with E-state index >= 15 is 0 Å². The Kier molecular flexibility index (Phi) is 6.19. The summed E-state index contributed by atoms with van der Waals surface area (Å²) in [4.78, 5) is 42.2. The predicted octanol–water partition coefficient (Wildman–Crippen LogP) is 3.26. The van der Waals surface area contributed by atoms with Crippen LogP contribution in [0.5, 0.6) is 0 Å². The highest BCUT2D eigenvalue weighted by Crippen LogP contribution is 2.37. The van der Waals surface area contributed by atoms with Gasteiger partial charge in [-0.3, -0.25) is 19.4 Å². The number of aromatic nitrogens is 2. The number of hydrogen-bond acceptors (Lipinski definition) is 5. The van der Waals surface area contributed by atoms with Crippen molar-refractivity contribution in [2.45, 2.75) is 77.7 Å². The summed E-state index contributed by atoms with van der Waals surface area (Å²) in [5.74, 6) is 3.31. The summed E-state index contributed by atoms with van der Waals surface area (Å²) in [5, 5.41) is 0. The van der Waals surface area contributed by atoms with Gasteiger partial charge in [-0.1, -0.05) is 6.92 Å². The van der Waals surface area contributed by atoms with Crippen molar-refractivity contribution in [3.8, 4) is 0 Å². The van der Waals surface area contributed by atoms with E-state index in [1.165, 1.54) is 25.7 Å². The SMILES string of the molecule is Cc1nc([C@H]2CCCCN2C(=O)CN2CCC(C)CC2)nc2c1CCC(=O)N2CC1CC1. The van der Waals surface area contributed by atoms with Gasteiger partial charge in [0.25, 0.3) is 0 Å². The molecule has 2 amide bonds. The molecule has 2 saturated heterocycles. The summed E-state index contributed by atoms with van der Waals surface area (Å²) in [6.45, 7) is 8.42. The number of fused-ring (bicyclic) bond motifs is 1. The van der Waals surface area contributed by atoms with E-state index < -0.39 is 0 Å². The largest absolute Gasteiger partial charge is 0.331 e. The van der Waals surface area contributed by atoms with Crippen LogP contribution in [0.25, 0.3) is 0 Å². The average Bonchev–Trinajstić information content (AvgIpc) is 3.61. The molecule has 0 radical (unpaired) electrons. The van der Waals surface area contributed by atoms with Gasteiger partial charge in [-0.2, -0.15) is 0 Å². The van der Waals surface area contributed by atoms with Crippen molar-refractivity contribution in [1.82, 2.24) is 19.8 Å². The number of likely N-dealkylation sites (tertiary alicyclic amines) is 2. The molecular formula is C25H37N5O2. The van der Waals surface area contributed by atoms with E-state index in [-0.39, 0.29) is 17.9 Å². The maximum absolute atomic E-state index is 13.3. The topological polar surface area (TPSA) is 69.6 Å². The van der Waals surface area contributed by atoms with Crippen molar-refractivity contribution < 1.29 is 9.59 Å². The van der Waals surface area contributed by atoms with Gasteiger partial charge in [0.1, 0.15) is 5.82 Å². The predicted molar refractivity (Wildman–Crippen MR) is 123 cm³/mol. The number of hydrogen-bond donors (Lipinski definition) is 0. The number of piperidine rings is 2. The first-order valence-electron chi connectivity index (χ1n) is 12.7. The summed E-state index contributed by atoms with van der Waals surface area (Å²) >= 11 is 0. The minimum absolute atomic E-state index is 0.0798. The van der Waals surface area contributed by atoms with Crippen molar-refractivity contribution >= 4 is 17.6 Å². The number of aryl methyl sites for hydroxylation is 1. The molecule has 1 aromatic heterocycles. The standard InChI is InChI=1S/C25H37N5O2/c1-17-10-13-28(14-11-17)16-23(32)29-12-4-3-5-21(29)24-26-18(2)20-8-9-22(31)30(25(20)27-24)15-19-6-7-19/h17,19,21H,3-16H2,1-2H3/t21-/m1/s1. The Bertz CT molecular complexity index is 875. The number of carbonyl (C=O) groups excluding carboxylic acids is 2. The summed E-state index contributed by atoms with van der Waals surface area (Å²) in [7, 11) is 0. The molecule has 4 heterocycles. The van der Waals surface area contributed by atoms with E-state index in [1.54, 1.807) is 0 Å². The Morgan fingerprint density at radius 2 is 1.78 bits per heavy atom. The van der Waals surface area contributed by atoms with Gasteiger partial charge in [-0.05, 0) is 83.2 Å². The maximum Gasteiger partial charge on any atom is 0.237 e. The lowest BCUT2D eigenvalue weighted by atomic mass is 9.98. The molecule has 0 spiro atoms. The van der Waals surface area contributed by atoms with E-state index in [1.807, 2.05) is 16.7 Å². The molecule has 0 unspecified atom stereocenters. The summed E-state index contributed by atoms with van der Waals surface area (Å²) < 4.78 is 0. The monoisotopic (exact) mass is 439 g/mol. The third kappa shape index (κ3) is 4.54. The zero-order chi connectivity index (χ0) is 22.2. The average molecular weight is 440 g/mol. The van der Waals surface area contributed by atoms with Gasteiger partial charge in [-0.15, -0.1) is 0 Å². The molecule has 1 atom stereocenters. The number of anilines is 1. The molecule has 7 nitrogen and oxygen atoms in total. The Morgan fingerprint density at radius 3 is 2.53 bits per heavy atom. The zero-order valence-electron chi connectivity index (χ0n) is 19.7. The Hall–Kier alpha value is -2.02. The molecule has 1 aliphatic carbocycles. The first-order chi connectivity index (χ1) is 15.5. The molecule has 1 aromatic rings. The van der Waals surface area contributed by atoms with Crippen LogP contribution < -0.4 is 4.90 Å². The molecule has 0 bridgehead atoms. The van der Waals surface area contributed by atoms with E-state index in [4.69, 9.17) is 9.97 Å². The van der Waals surface area contributed by atoms with Crippen molar-refractivity contribution in [3.05, 3.63) is 17.1 Å². The smallest absolute Gasteiger partial charge is 0.237 e. The molecule has 0 aromatic carbocycles. The van der Waals surface area contributed by atoms with Crippen LogP contribution in [0.4, 0.5) is 5.82 Å². The van der Waals surface area contributed by atoms with E-state index in [2.05, 4.69) is 11.8 Å². The van der Waals surface area contributed by atoms with Crippen LogP contribution in [0.2, 0.25) is 0 Å². The summed E-state index contributed by atoms with van der Waals surface area (Å²) in [5.41, 5.74) is 2.09. The lowest BCUT2D eigenvalue weighted by Crippen LogP contribution is -2.46. The van der Waals surface area contributed by atoms with Gasteiger partial charge in [-0.25, -0.2) is 9.97 Å². The Labute approximate surface area is 191 Å². The minimum Gasteiger partial charge on any atom is -0.331 e. The van der Waals surface area contributed by atoms with Crippen molar-refractivity contribution in [3.63, 3.8) is 0 Å². The number of carbonyl (C=O) groups is 2. The van der Waals surface area contributed by atoms with E-state index in [0.29, 0.717) is 18.9 Å². The number of nitrogens with zero attached hydrogens (tertiary/aromatic N) is 5. The van der Waals surface area contributed by atoms with Crippen LogP contribution in [-0.2, 0) is 16.0 Å². The first kappa shape index (κ1) is 21.8. The normalized spacial score (nSPS) is 25.2. The van der Waals surface area contributed by atoms with Crippen LogP contribution in [0.3, 0.4) is 0 Å². The van der Waals surface area contributed by atoms with Gasteiger partial charge in [0, 0.05) is 30.8 Å². The molecule has 4 aliphatic rings. The van der Waals surface area contributed by atoms with E-state index in [9.17, 15) is 9.59 Å². The highest BCUT2D eigenvalue weighted by molar-refractivity contribution is 5.95. The van der Waals surface area contributed by atoms with Gasteiger partial charge in [0.05, 0.1) is 12.6 Å². The van der Waals surface area contributed by atoms with Gasteiger partial charge >= 0.3 is 0 Å². The highest BCUT2D eigenvalue weighted by atomic mass is 16.2. The van der Waals surface area contributed by atoms with Crippen molar-refractivity contribution in [2.24, 2.45) is 11.8 Å². The van der Waals surface area contributed by atoms with Crippen LogP contribution in [0.15, 0.2) is 0 Å². The molecule has 7 heteroatoms. The van der Waals surface area contributed by atoms with Gasteiger partial charge < -0.3 is 4.90 Å². The third-order valence-corrected chi connectivity index (χ3v) is 7.85. The zero-order valence-corrected chi connectivity index (χ0v) is 19.7.